The van der Waals surface area contributed by atoms with E-state index in [2.05, 4.69) is 4.98 Å². The van der Waals surface area contributed by atoms with Gasteiger partial charge in [-0.3, -0.25) is 4.55 Å². The summed E-state index contributed by atoms with van der Waals surface area (Å²) in [6, 6.07) is 4.26. The summed E-state index contributed by atoms with van der Waals surface area (Å²) in [6.07, 6.45) is 1.29. The highest BCUT2D eigenvalue weighted by Gasteiger charge is 2.07. The van der Waals surface area contributed by atoms with Crippen molar-refractivity contribution >= 4 is 10.1 Å². The SMILES string of the molecule is CC.O=S(=O)(O)c1ccccn1. The fraction of sp³-hybridized carbons (Fsp3) is 0.286. The van der Waals surface area contributed by atoms with Crippen molar-refractivity contribution in [3.05, 3.63) is 24.4 Å². The van der Waals surface area contributed by atoms with Gasteiger partial charge in [0.2, 0.25) is 0 Å². The van der Waals surface area contributed by atoms with Crippen LogP contribution in [0.3, 0.4) is 0 Å². The van der Waals surface area contributed by atoms with E-state index in [-0.39, 0.29) is 5.03 Å². The van der Waals surface area contributed by atoms with Crippen molar-refractivity contribution < 1.29 is 13.0 Å². The Morgan fingerprint density at radius 1 is 1.33 bits per heavy atom. The van der Waals surface area contributed by atoms with Gasteiger partial charge in [-0.1, -0.05) is 19.9 Å². The second-order valence-corrected chi connectivity index (χ2v) is 3.01. The molecule has 0 saturated heterocycles. The minimum absolute atomic E-state index is 0.324. The van der Waals surface area contributed by atoms with E-state index in [1.165, 1.54) is 18.3 Å². The Labute approximate surface area is 72.0 Å². The molecule has 0 fully saturated rings. The smallest absolute Gasteiger partial charge is 0.281 e. The Kier molecular flexibility index (Phi) is 4.46. The van der Waals surface area contributed by atoms with Gasteiger partial charge in [0.15, 0.2) is 5.03 Å². The first-order chi connectivity index (χ1) is 5.61. The molecule has 0 spiro atoms. The summed E-state index contributed by atoms with van der Waals surface area (Å²) in [4.78, 5) is 3.41. The van der Waals surface area contributed by atoms with Gasteiger partial charge in [-0.05, 0) is 12.1 Å². The van der Waals surface area contributed by atoms with Crippen LogP contribution in [-0.4, -0.2) is 18.0 Å². The van der Waals surface area contributed by atoms with Crippen LogP contribution < -0.4 is 0 Å². The molecule has 4 nitrogen and oxygen atoms in total. The number of nitrogens with zero attached hydrogens (tertiary/aromatic N) is 1. The van der Waals surface area contributed by atoms with E-state index in [0.717, 1.165) is 0 Å². The molecule has 1 aromatic rings. The first kappa shape index (κ1) is 11.1. The minimum Gasteiger partial charge on any atom is -0.281 e. The summed E-state index contributed by atoms with van der Waals surface area (Å²) in [5.41, 5.74) is 0. The number of pyridine rings is 1. The Balaban J connectivity index is 0.000000561. The fourth-order valence-corrected chi connectivity index (χ4v) is 0.944. The second-order valence-electron chi connectivity index (χ2n) is 1.64. The van der Waals surface area contributed by atoms with Crippen molar-refractivity contribution in [1.82, 2.24) is 4.98 Å². The van der Waals surface area contributed by atoms with Crippen molar-refractivity contribution in [1.29, 1.82) is 0 Å². The van der Waals surface area contributed by atoms with Crippen LogP contribution in [0, 0.1) is 0 Å². The van der Waals surface area contributed by atoms with Crippen LogP contribution in [0.5, 0.6) is 0 Å². The van der Waals surface area contributed by atoms with Gasteiger partial charge in [0.05, 0.1) is 0 Å². The zero-order chi connectivity index (χ0) is 9.61. The molecule has 0 bridgehead atoms. The van der Waals surface area contributed by atoms with E-state index in [0.29, 0.717) is 0 Å². The van der Waals surface area contributed by atoms with E-state index in [1.807, 2.05) is 13.8 Å². The largest absolute Gasteiger partial charge is 0.312 e. The molecule has 0 aromatic carbocycles. The van der Waals surface area contributed by atoms with Crippen LogP contribution in [0.2, 0.25) is 0 Å². The van der Waals surface area contributed by atoms with Crippen molar-refractivity contribution in [3.63, 3.8) is 0 Å². The maximum atomic E-state index is 10.3. The monoisotopic (exact) mass is 189 g/mol. The van der Waals surface area contributed by atoms with Crippen LogP contribution in [0.4, 0.5) is 0 Å². The molecule has 5 heteroatoms. The quantitative estimate of drug-likeness (QED) is 0.677. The Hall–Kier alpha value is -0.940. The van der Waals surface area contributed by atoms with Crippen molar-refractivity contribution in [2.75, 3.05) is 0 Å². The first-order valence-corrected chi connectivity index (χ1v) is 4.93. The maximum Gasteiger partial charge on any atom is 0.312 e. The third-order valence-electron chi connectivity index (χ3n) is 0.902. The molecule has 1 N–H and O–H groups in total. The zero-order valence-corrected chi connectivity index (χ0v) is 7.75. The molecule has 0 saturated carbocycles. The predicted molar refractivity (Wildman–Crippen MR) is 45.4 cm³/mol. The maximum absolute atomic E-state index is 10.3. The predicted octanol–water partition coefficient (Wildman–Crippen LogP) is 1.35. The minimum atomic E-state index is -4.11. The lowest BCUT2D eigenvalue weighted by Gasteiger charge is -1.91. The summed E-state index contributed by atoms with van der Waals surface area (Å²) >= 11 is 0. The number of hydrogen-bond donors (Lipinski definition) is 1. The fourth-order valence-electron chi connectivity index (χ4n) is 0.500. The summed E-state index contributed by atoms with van der Waals surface area (Å²) in [5.74, 6) is 0. The van der Waals surface area contributed by atoms with Crippen LogP contribution >= 0.6 is 0 Å². The van der Waals surface area contributed by atoms with Gasteiger partial charge in [0.25, 0.3) is 0 Å². The molecule has 0 aliphatic rings. The topological polar surface area (TPSA) is 67.3 Å². The third kappa shape index (κ3) is 3.45. The van der Waals surface area contributed by atoms with E-state index in [4.69, 9.17) is 4.55 Å². The van der Waals surface area contributed by atoms with Gasteiger partial charge in [0.1, 0.15) is 0 Å². The van der Waals surface area contributed by atoms with Crippen molar-refractivity contribution in [3.8, 4) is 0 Å². The van der Waals surface area contributed by atoms with Crippen LogP contribution in [-0.2, 0) is 10.1 Å². The normalized spacial score (nSPS) is 9.92. The molecular formula is C7H11NO3S. The average Bonchev–Trinajstić information content (AvgIpc) is 2.08. The molecule has 0 amide bonds. The lowest BCUT2D eigenvalue weighted by atomic mass is 10.5. The first-order valence-electron chi connectivity index (χ1n) is 3.49. The molecule has 0 aliphatic carbocycles. The highest BCUT2D eigenvalue weighted by Crippen LogP contribution is 2.00. The van der Waals surface area contributed by atoms with Gasteiger partial charge in [-0.2, -0.15) is 8.42 Å². The van der Waals surface area contributed by atoms with Crippen LogP contribution in [0.15, 0.2) is 29.4 Å². The standard InChI is InChI=1S/C5H5NO3S.C2H6/c7-10(8,9)5-3-1-2-4-6-5;1-2/h1-4H,(H,7,8,9);1-2H3. The second kappa shape index (κ2) is 4.84. The Morgan fingerprint density at radius 2 is 1.92 bits per heavy atom. The molecule has 0 radical (unpaired) electrons. The zero-order valence-electron chi connectivity index (χ0n) is 6.93. The molecule has 68 valence electrons. The summed E-state index contributed by atoms with van der Waals surface area (Å²) in [5, 5.41) is -0.324. The van der Waals surface area contributed by atoms with Gasteiger partial charge in [0, 0.05) is 6.20 Å². The molecule has 1 aromatic heterocycles. The van der Waals surface area contributed by atoms with E-state index >= 15 is 0 Å². The van der Waals surface area contributed by atoms with Gasteiger partial charge in [-0.25, -0.2) is 4.98 Å². The van der Waals surface area contributed by atoms with Crippen molar-refractivity contribution in [2.24, 2.45) is 0 Å². The van der Waals surface area contributed by atoms with E-state index in [9.17, 15) is 8.42 Å². The molecule has 0 aliphatic heterocycles. The Bertz CT molecular complexity index is 307. The van der Waals surface area contributed by atoms with E-state index in [1.54, 1.807) is 6.07 Å². The number of hydrogen-bond acceptors (Lipinski definition) is 3. The highest BCUT2D eigenvalue weighted by molar-refractivity contribution is 7.85. The van der Waals surface area contributed by atoms with Gasteiger partial charge < -0.3 is 0 Å². The summed E-state index contributed by atoms with van der Waals surface area (Å²) in [6.45, 7) is 4.00. The molecule has 1 rings (SSSR count). The molecule has 0 atom stereocenters. The number of aromatic nitrogens is 1. The highest BCUT2D eigenvalue weighted by atomic mass is 32.2. The Morgan fingerprint density at radius 3 is 2.17 bits per heavy atom. The summed E-state index contributed by atoms with van der Waals surface area (Å²) in [7, 11) is -4.11. The van der Waals surface area contributed by atoms with Crippen LogP contribution in [0.1, 0.15) is 13.8 Å². The lowest BCUT2D eigenvalue weighted by Crippen LogP contribution is -1.99. The van der Waals surface area contributed by atoms with E-state index < -0.39 is 10.1 Å². The molecule has 12 heavy (non-hydrogen) atoms. The number of rotatable bonds is 1. The molecular weight excluding hydrogens is 178 g/mol. The average molecular weight is 189 g/mol. The van der Waals surface area contributed by atoms with Gasteiger partial charge in [-0.15, -0.1) is 0 Å². The van der Waals surface area contributed by atoms with Gasteiger partial charge >= 0.3 is 10.1 Å². The third-order valence-corrected chi connectivity index (χ3v) is 1.67. The lowest BCUT2D eigenvalue weighted by molar-refractivity contribution is 0.479. The van der Waals surface area contributed by atoms with Crippen molar-refractivity contribution in [2.45, 2.75) is 18.9 Å². The van der Waals surface area contributed by atoms with Crippen LogP contribution in [0.25, 0.3) is 0 Å². The summed E-state index contributed by atoms with van der Waals surface area (Å²) < 4.78 is 29.1. The molecule has 0 unspecified atom stereocenters. The molecule has 1 heterocycles.